The monoisotopic (exact) mass is 379 g/mol. The van der Waals surface area contributed by atoms with E-state index in [2.05, 4.69) is 15.4 Å². The van der Waals surface area contributed by atoms with E-state index in [1.54, 1.807) is 22.8 Å². The van der Waals surface area contributed by atoms with E-state index in [9.17, 15) is 9.59 Å². The van der Waals surface area contributed by atoms with Gasteiger partial charge in [0.1, 0.15) is 5.60 Å². The Labute approximate surface area is 156 Å². The maximum Gasteiger partial charge on any atom is 0.410 e. The first kappa shape index (κ1) is 18.4. The van der Waals surface area contributed by atoms with Crippen molar-refractivity contribution < 1.29 is 14.3 Å². The number of rotatable bonds is 4. The van der Waals surface area contributed by atoms with Crippen LogP contribution in [0.1, 0.15) is 39.4 Å². The predicted molar refractivity (Wildman–Crippen MR) is 95.8 cm³/mol. The van der Waals surface area contributed by atoms with Crippen LogP contribution in [0.5, 0.6) is 0 Å². The van der Waals surface area contributed by atoms with Crippen LogP contribution in [0.25, 0.3) is 5.65 Å². The Morgan fingerprint density at radius 3 is 2.92 bits per heavy atom. The molecule has 3 rings (SSSR count). The van der Waals surface area contributed by atoms with Gasteiger partial charge in [-0.15, -0.1) is 5.10 Å². The summed E-state index contributed by atoms with van der Waals surface area (Å²) in [5.74, 6) is 0.474. The lowest BCUT2D eigenvalue weighted by molar-refractivity contribution is -0.119. The number of amides is 2. The normalized spacial score (nSPS) is 17.4. The number of fused-ring (bicyclic) bond motifs is 1. The smallest absolute Gasteiger partial charge is 0.410 e. The van der Waals surface area contributed by atoms with Crippen molar-refractivity contribution in [1.29, 1.82) is 0 Å². The number of carbonyl (C=O) groups excluding carboxylic acids is 2. The van der Waals surface area contributed by atoms with Crippen LogP contribution in [0.2, 0.25) is 5.02 Å². The summed E-state index contributed by atoms with van der Waals surface area (Å²) in [6.07, 6.45) is 2.41. The zero-order chi connectivity index (χ0) is 18.9. The van der Waals surface area contributed by atoms with E-state index >= 15 is 0 Å². The Bertz CT molecular complexity index is 829. The van der Waals surface area contributed by atoms with Crippen LogP contribution in [-0.2, 0) is 16.1 Å². The summed E-state index contributed by atoms with van der Waals surface area (Å²) in [4.78, 5) is 30.0. The van der Waals surface area contributed by atoms with Crippen LogP contribution in [0, 0.1) is 0 Å². The van der Waals surface area contributed by atoms with Gasteiger partial charge in [-0.25, -0.2) is 14.3 Å². The maximum atomic E-state index is 12.6. The number of nitrogens with zero attached hydrogens (tertiary/aromatic N) is 4. The van der Waals surface area contributed by atoms with Crippen molar-refractivity contribution >= 4 is 29.2 Å². The Morgan fingerprint density at radius 2 is 2.27 bits per heavy atom. The van der Waals surface area contributed by atoms with E-state index in [1.165, 1.54) is 4.90 Å². The van der Waals surface area contributed by atoms with E-state index in [4.69, 9.17) is 16.3 Å². The number of carbonyl (C=O) groups is 2. The van der Waals surface area contributed by atoms with Gasteiger partial charge in [-0.2, -0.15) is 0 Å². The third-order valence-corrected chi connectivity index (χ3v) is 4.09. The summed E-state index contributed by atoms with van der Waals surface area (Å²) in [5.41, 5.74) is -0.0143. The fourth-order valence-corrected chi connectivity index (χ4v) is 2.90. The number of nitrogens with one attached hydrogen (secondary N) is 1. The molecule has 1 atom stereocenters. The van der Waals surface area contributed by atoms with Crippen LogP contribution in [0.4, 0.5) is 4.79 Å². The van der Waals surface area contributed by atoms with Crippen molar-refractivity contribution in [2.45, 2.75) is 51.8 Å². The molecule has 0 aliphatic carbocycles. The van der Waals surface area contributed by atoms with Gasteiger partial charge in [0.2, 0.25) is 5.91 Å². The van der Waals surface area contributed by atoms with Gasteiger partial charge in [0.15, 0.2) is 11.5 Å². The molecule has 26 heavy (non-hydrogen) atoms. The second kappa shape index (κ2) is 7.11. The third-order valence-electron chi connectivity index (χ3n) is 3.85. The van der Waals surface area contributed by atoms with Crippen LogP contribution in [0.15, 0.2) is 18.3 Å². The molecule has 0 bridgehead atoms. The van der Waals surface area contributed by atoms with Gasteiger partial charge in [-0.1, -0.05) is 11.6 Å². The predicted octanol–water partition coefficient (Wildman–Crippen LogP) is 2.40. The lowest BCUT2D eigenvalue weighted by Crippen LogP contribution is -2.44. The summed E-state index contributed by atoms with van der Waals surface area (Å²) in [7, 11) is 0. The van der Waals surface area contributed by atoms with Crippen molar-refractivity contribution in [1.82, 2.24) is 24.8 Å². The molecule has 140 valence electrons. The van der Waals surface area contributed by atoms with Crippen LogP contribution in [-0.4, -0.2) is 49.7 Å². The Morgan fingerprint density at radius 1 is 1.50 bits per heavy atom. The molecule has 1 aliphatic heterocycles. The first-order chi connectivity index (χ1) is 12.2. The highest BCUT2D eigenvalue weighted by Crippen LogP contribution is 2.16. The standard InChI is InChI=1S/C17H22ClN5O3/c1-17(2,3)26-16(25)22(9-12-4-5-15(24)19-12)10-13-20-14-8-11(18)6-7-23(14)21-13/h6-8,12H,4-5,9-10H2,1-3H3,(H,19,24). The SMILES string of the molecule is CC(C)(C)OC(=O)N(Cc1nc2cc(Cl)ccn2n1)CC1CCC(=O)N1. The minimum absolute atomic E-state index is 0.000337. The summed E-state index contributed by atoms with van der Waals surface area (Å²) >= 11 is 5.98. The van der Waals surface area contributed by atoms with Crippen molar-refractivity contribution in [3.63, 3.8) is 0 Å². The van der Waals surface area contributed by atoms with Gasteiger partial charge < -0.3 is 10.1 Å². The van der Waals surface area contributed by atoms with E-state index in [0.29, 0.717) is 35.9 Å². The van der Waals surface area contributed by atoms with Gasteiger partial charge in [-0.05, 0) is 33.3 Å². The highest BCUT2D eigenvalue weighted by atomic mass is 35.5. The third kappa shape index (κ3) is 4.63. The Balaban J connectivity index is 1.78. The molecular formula is C17H22ClN5O3. The molecule has 2 aromatic rings. The number of hydrogen-bond donors (Lipinski definition) is 1. The van der Waals surface area contributed by atoms with Gasteiger partial charge in [0.25, 0.3) is 0 Å². The molecule has 1 N–H and O–H groups in total. The second-order valence-corrected chi connectivity index (χ2v) is 7.78. The van der Waals surface area contributed by atoms with E-state index in [-0.39, 0.29) is 18.5 Å². The lowest BCUT2D eigenvalue weighted by Gasteiger charge is -2.28. The van der Waals surface area contributed by atoms with E-state index in [0.717, 1.165) is 0 Å². The fraction of sp³-hybridized carbons (Fsp3) is 0.529. The molecule has 1 saturated heterocycles. The van der Waals surface area contributed by atoms with E-state index < -0.39 is 11.7 Å². The van der Waals surface area contributed by atoms with Gasteiger partial charge in [0.05, 0.1) is 6.54 Å². The van der Waals surface area contributed by atoms with Crippen LogP contribution in [0.3, 0.4) is 0 Å². The highest BCUT2D eigenvalue weighted by Gasteiger charge is 2.29. The topological polar surface area (TPSA) is 88.8 Å². The van der Waals surface area contributed by atoms with Crippen LogP contribution >= 0.6 is 11.6 Å². The second-order valence-electron chi connectivity index (χ2n) is 7.34. The fourth-order valence-electron chi connectivity index (χ4n) is 2.75. The van der Waals surface area contributed by atoms with Crippen molar-refractivity contribution in [3.8, 4) is 0 Å². The molecule has 9 heteroatoms. The lowest BCUT2D eigenvalue weighted by atomic mass is 10.2. The van der Waals surface area contributed by atoms with Crippen LogP contribution < -0.4 is 5.32 Å². The molecule has 2 amide bonds. The molecule has 1 aliphatic rings. The van der Waals surface area contributed by atoms with Crippen molar-refractivity contribution in [3.05, 3.63) is 29.2 Å². The minimum atomic E-state index is -0.617. The number of hydrogen-bond acceptors (Lipinski definition) is 5. The minimum Gasteiger partial charge on any atom is -0.444 e. The molecule has 2 aromatic heterocycles. The average Bonchev–Trinajstić information content (AvgIpc) is 3.10. The number of halogens is 1. The molecule has 0 aromatic carbocycles. The summed E-state index contributed by atoms with van der Waals surface area (Å²) in [6, 6.07) is 3.32. The average molecular weight is 380 g/mol. The number of aromatic nitrogens is 3. The van der Waals surface area contributed by atoms with Crippen molar-refractivity contribution in [2.75, 3.05) is 6.54 Å². The molecule has 0 spiro atoms. The Hall–Kier alpha value is -2.35. The zero-order valence-corrected chi connectivity index (χ0v) is 15.8. The molecule has 3 heterocycles. The van der Waals surface area contributed by atoms with Crippen molar-refractivity contribution in [2.24, 2.45) is 0 Å². The molecule has 1 unspecified atom stereocenters. The van der Waals surface area contributed by atoms with Gasteiger partial charge >= 0.3 is 6.09 Å². The number of pyridine rings is 1. The first-order valence-corrected chi connectivity index (χ1v) is 8.85. The number of ether oxygens (including phenoxy) is 1. The molecule has 0 saturated carbocycles. The molecule has 1 fully saturated rings. The summed E-state index contributed by atoms with van der Waals surface area (Å²) in [6.45, 7) is 5.96. The zero-order valence-electron chi connectivity index (χ0n) is 15.0. The largest absolute Gasteiger partial charge is 0.444 e. The first-order valence-electron chi connectivity index (χ1n) is 8.48. The maximum absolute atomic E-state index is 12.6. The Kier molecular flexibility index (Phi) is 5.04. The van der Waals surface area contributed by atoms with E-state index in [1.807, 2.05) is 20.8 Å². The summed E-state index contributed by atoms with van der Waals surface area (Å²) < 4.78 is 7.10. The molecule has 0 radical (unpaired) electrons. The van der Waals surface area contributed by atoms with Gasteiger partial charge in [-0.3, -0.25) is 9.69 Å². The quantitative estimate of drug-likeness (QED) is 0.881. The molecule has 8 nitrogen and oxygen atoms in total. The highest BCUT2D eigenvalue weighted by molar-refractivity contribution is 6.30. The van der Waals surface area contributed by atoms with Gasteiger partial charge in [0, 0.05) is 36.3 Å². The molecular weight excluding hydrogens is 358 g/mol. The summed E-state index contributed by atoms with van der Waals surface area (Å²) in [5, 5.41) is 7.81.